The van der Waals surface area contributed by atoms with E-state index in [2.05, 4.69) is 16.9 Å². The fraction of sp³-hybridized carbons (Fsp3) is 0.211. The predicted octanol–water partition coefficient (Wildman–Crippen LogP) is 3.03. The molecule has 5 heteroatoms. The maximum Gasteiger partial charge on any atom is 0.250 e. The van der Waals surface area contributed by atoms with Gasteiger partial charge in [0.2, 0.25) is 0 Å². The maximum absolute atomic E-state index is 11.9. The maximum atomic E-state index is 11.9. The monoisotopic (exact) mass is 340 g/mol. The molecule has 2 aromatic carbocycles. The predicted molar refractivity (Wildman–Crippen MR) is 98.9 cm³/mol. The molecule has 4 nitrogen and oxygen atoms in total. The minimum atomic E-state index is -1.02. The van der Waals surface area contributed by atoms with Crippen LogP contribution in [0.4, 0.5) is 5.69 Å². The van der Waals surface area contributed by atoms with Gasteiger partial charge in [0, 0.05) is 23.6 Å². The molecule has 0 fully saturated rings. The third kappa shape index (κ3) is 4.06. The van der Waals surface area contributed by atoms with E-state index in [1.54, 1.807) is 17.2 Å². The van der Waals surface area contributed by atoms with Crippen molar-refractivity contribution in [1.82, 2.24) is 4.72 Å². The first-order valence-corrected chi connectivity index (χ1v) is 9.43. The summed E-state index contributed by atoms with van der Waals surface area (Å²) in [5, 5.41) is 0. The van der Waals surface area contributed by atoms with Crippen LogP contribution >= 0.6 is 0 Å². The number of benzene rings is 2. The van der Waals surface area contributed by atoms with Crippen molar-refractivity contribution in [2.45, 2.75) is 13.0 Å². The number of hydrogen-bond acceptors (Lipinski definition) is 3. The number of carbonyl (C=O) groups is 1. The molecule has 1 unspecified atom stereocenters. The molecule has 1 atom stereocenters. The molecular formula is C19H20N2O2S. The van der Waals surface area contributed by atoms with Crippen LogP contribution < -0.4 is 9.62 Å². The van der Waals surface area contributed by atoms with E-state index in [1.165, 1.54) is 0 Å². The standard InChI is InChI=1S/C19H20N2O2S/c1-24(23)20-14-15-5-4-6-17(13-15)16-8-10-18(11-9-16)21-12-3-2-7-19(21)22/h2,4-11,13,20H,3,12,14H2,1H3. The van der Waals surface area contributed by atoms with Crippen molar-refractivity contribution < 1.29 is 9.35 Å². The van der Waals surface area contributed by atoms with Gasteiger partial charge in [-0.15, -0.1) is 4.72 Å². The van der Waals surface area contributed by atoms with Gasteiger partial charge in [-0.2, -0.15) is 0 Å². The van der Waals surface area contributed by atoms with E-state index in [1.807, 2.05) is 42.5 Å². The highest BCUT2D eigenvalue weighted by Gasteiger charge is 2.15. The number of hydrogen-bond donors (Lipinski definition) is 1. The summed E-state index contributed by atoms with van der Waals surface area (Å²) in [6.45, 7) is 1.30. The molecule has 0 saturated carbocycles. The van der Waals surface area contributed by atoms with E-state index in [9.17, 15) is 9.35 Å². The largest absolute Gasteiger partial charge is 0.598 e. The first-order valence-electron chi connectivity index (χ1n) is 7.88. The topological polar surface area (TPSA) is 55.4 Å². The van der Waals surface area contributed by atoms with Crippen LogP contribution in [0.25, 0.3) is 11.1 Å². The molecule has 124 valence electrons. The molecule has 0 aromatic heterocycles. The van der Waals surface area contributed by atoms with Gasteiger partial charge in [-0.05, 0) is 47.4 Å². The summed E-state index contributed by atoms with van der Waals surface area (Å²) in [6.07, 6.45) is 6.06. The summed E-state index contributed by atoms with van der Waals surface area (Å²) in [5.74, 6) is 0.0367. The molecule has 1 heterocycles. The summed E-state index contributed by atoms with van der Waals surface area (Å²) in [4.78, 5) is 13.7. The van der Waals surface area contributed by atoms with Crippen molar-refractivity contribution in [3.05, 3.63) is 66.2 Å². The summed E-state index contributed by atoms with van der Waals surface area (Å²) >= 11 is -1.02. The minimum Gasteiger partial charge on any atom is -0.598 e. The number of amides is 1. The lowest BCUT2D eigenvalue weighted by Gasteiger charge is -2.23. The summed E-state index contributed by atoms with van der Waals surface area (Å²) in [7, 11) is 0. The molecule has 1 aliphatic heterocycles. The van der Waals surface area contributed by atoms with Crippen LogP contribution in [-0.2, 0) is 22.7 Å². The average Bonchev–Trinajstić information content (AvgIpc) is 2.61. The van der Waals surface area contributed by atoms with Gasteiger partial charge < -0.3 is 9.45 Å². The Bertz CT molecular complexity index is 741. The van der Waals surface area contributed by atoms with Crippen molar-refractivity contribution in [2.24, 2.45) is 0 Å². The smallest absolute Gasteiger partial charge is 0.250 e. The van der Waals surface area contributed by atoms with Crippen LogP contribution in [0.15, 0.2) is 60.7 Å². The van der Waals surface area contributed by atoms with E-state index >= 15 is 0 Å². The Labute approximate surface area is 145 Å². The van der Waals surface area contributed by atoms with E-state index in [0.29, 0.717) is 6.54 Å². The molecule has 1 N–H and O–H groups in total. The van der Waals surface area contributed by atoms with Gasteiger partial charge in [0.25, 0.3) is 5.91 Å². The van der Waals surface area contributed by atoms with Crippen LogP contribution in [0, 0.1) is 0 Å². The Kier molecular flexibility index (Phi) is 5.35. The molecule has 0 aliphatic carbocycles. The van der Waals surface area contributed by atoms with Gasteiger partial charge in [-0.1, -0.05) is 36.4 Å². The summed E-state index contributed by atoms with van der Waals surface area (Å²) < 4.78 is 14.1. The van der Waals surface area contributed by atoms with Crippen molar-refractivity contribution in [2.75, 3.05) is 17.7 Å². The van der Waals surface area contributed by atoms with Gasteiger partial charge in [-0.3, -0.25) is 4.79 Å². The van der Waals surface area contributed by atoms with Crippen LogP contribution in [0.5, 0.6) is 0 Å². The highest BCUT2D eigenvalue weighted by atomic mass is 32.2. The van der Waals surface area contributed by atoms with Gasteiger partial charge in [0.1, 0.15) is 6.26 Å². The quantitative estimate of drug-likeness (QED) is 0.851. The van der Waals surface area contributed by atoms with Crippen LogP contribution in [0.3, 0.4) is 0 Å². The summed E-state index contributed by atoms with van der Waals surface area (Å²) in [5.41, 5.74) is 4.21. The number of nitrogens with zero attached hydrogens (tertiary/aromatic N) is 1. The van der Waals surface area contributed by atoms with Crippen molar-refractivity contribution in [1.29, 1.82) is 0 Å². The van der Waals surface area contributed by atoms with Gasteiger partial charge in [0.05, 0.1) is 6.54 Å². The Morgan fingerprint density at radius 2 is 1.96 bits per heavy atom. The molecule has 0 spiro atoms. The molecule has 0 saturated heterocycles. The zero-order chi connectivity index (χ0) is 16.9. The lowest BCUT2D eigenvalue weighted by atomic mass is 10.0. The van der Waals surface area contributed by atoms with Crippen molar-refractivity contribution in [3.63, 3.8) is 0 Å². The Hall–Kier alpha value is -2.08. The molecule has 3 rings (SSSR count). The molecule has 24 heavy (non-hydrogen) atoms. The first kappa shape index (κ1) is 16.8. The Morgan fingerprint density at radius 1 is 1.17 bits per heavy atom. The number of carbonyl (C=O) groups excluding carboxylic acids is 1. The number of anilines is 1. The minimum absolute atomic E-state index is 0.0367. The van der Waals surface area contributed by atoms with Crippen molar-refractivity contribution in [3.8, 4) is 11.1 Å². The van der Waals surface area contributed by atoms with E-state index in [0.717, 1.165) is 35.3 Å². The third-order valence-electron chi connectivity index (χ3n) is 3.96. The molecule has 1 amide bonds. The Balaban J connectivity index is 1.77. The number of nitrogens with one attached hydrogen (secondary N) is 1. The highest BCUT2D eigenvalue weighted by molar-refractivity contribution is 7.88. The normalized spacial score (nSPS) is 15.6. The van der Waals surface area contributed by atoms with Crippen LogP contribution in [0.1, 0.15) is 12.0 Å². The van der Waals surface area contributed by atoms with Gasteiger partial charge >= 0.3 is 0 Å². The van der Waals surface area contributed by atoms with Gasteiger partial charge in [-0.25, -0.2) is 0 Å². The second kappa shape index (κ2) is 7.66. The first-order chi connectivity index (χ1) is 11.6. The van der Waals surface area contributed by atoms with E-state index in [-0.39, 0.29) is 5.91 Å². The second-order valence-corrected chi connectivity index (χ2v) is 6.90. The summed E-state index contributed by atoms with van der Waals surface area (Å²) in [6, 6.07) is 16.2. The van der Waals surface area contributed by atoms with Gasteiger partial charge in [0.15, 0.2) is 0 Å². The lowest BCUT2D eigenvalue weighted by Crippen LogP contribution is -2.32. The SMILES string of the molecule is C[S+]([O-])NCc1cccc(-c2ccc(N3CCC=CC3=O)cc2)c1. The Morgan fingerprint density at radius 3 is 2.67 bits per heavy atom. The molecule has 1 aliphatic rings. The number of rotatable bonds is 5. The average molecular weight is 340 g/mol. The van der Waals surface area contributed by atoms with E-state index in [4.69, 9.17) is 0 Å². The second-order valence-electron chi connectivity index (χ2n) is 5.70. The molecule has 0 radical (unpaired) electrons. The van der Waals surface area contributed by atoms with Crippen molar-refractivity contribution >= 4 is 23.0 Å². The third-order valence-corrected chi connectivity index (χ3v) is 4.52. The van der Waals surface area contributed by atoms with E-state index < -0.39 is 11.4 Å². The zero-order valence-electron chi connectivity index (χ0n) is 13.6. The van der Waals surface area contributed by atoms with Crippen LogP contribution in [0.2, 0.25) is 0 Å². The lowest BCUT2D eigenvalue weighted by molar-refractivity contribution is -0.114. The molecule has 2 aromatic rings. The molecule has 0 bridgehead atoms. The fourth-order valence-corrected chi connectivity index (χ4v) is 3.09. The zero-order valence-corrected chi connectivity index (χ0v) is 14.4. The van der Waals surface area contributed by atoms with Crippen LogP contribution in [-0.4, -0.2) is 23.3 Å². The highest BCUT2D eigenvalue weighted by Crippen LogP contribution is 2.25. The fourth-order valence-electron chi connectivity index (χ4n) is 2.72. The molecular weight excluding hydrogens is 320 g/mol.